The van der Waals surface area contributed by atoms with Gasteiger partial charge in [0.1, 0.15) is 5.60 Å². The number of halogens is 3. The van der Waals surface area contributed by atoms with E-state index in [1.165, 1.54) is 19.2 Å². The highest BCUT2D eigenvalue weighted by Gasteiger charge is 2.42. The minimum Gasteiger partial charge on any atom is -0.469 e. The van der Waals surface area contributed by atoms with Crippen LogP contribution in [0, 0.1) is 0 Å². The fourth-order valence-corrected chi connectivity index (χ4v) is 3.37. The second-order valence-corrected chi connectivity index (χ2v) is 5.90. The molecule has 2 aromatic rings. The van der Waals surface area contributed by atoms with Crippen LogP contribution < -0.4 is 4.74 Å². The van der Waals surface area contributed by atoms with Crippen LogP contribution in [0.2, 0.25) is 0 Å². The van der Waals surface area contributed by atoms with Crippen molar-refractivity contribution in [2.75, 3.05) is 13.7 Å². The van der Waals surface area contributed by atoms with Gasteiger partial charge in [-0.3, -0.25) is 4.79 Å². The SMILES string of the molecule is CCC1(CC(=O)OC)OCCc2c1[nH]c1c(OC(F)(F)F)cccc21. The maximum Gasteiger partial charge on any atom is 0.573 e. The smallest absolute Gasteiger partial charge is 0.469 e. The molecule has 1 aliphatic rings. The summed E-state index contributed by atoms with van der Waals surface area (Å²) in [6.07, 6.45) is -3.80. The van der Waals surface area contributed by atoms with Crippen molar-refractivity contribution in [2.24, 2.45) is 0 Å². The van der Waals surface area contributed by atoms with E-state index in [2.05, 4.69) is 9.72 Å². The first-order valence-electron chi connectivity index (χ1n) is 7.90. The Kier molecular flexibility index (Phi) is 4.40. The van der Waals surface area contributed by atoms with Crippen LogP contribution in [0.1, 0.15) is 31.0 Å². The van der Waals surface area contributed by atoms with Gasteiger partial charge in [-0.15, -0.1) is 13.2 Å². The molecule has 3 rings (SSSR count). The fourth-order valence-electron chi connectivity index (χ4n) is 3.37. The molecule has 5 nitrogen and oxygen atoms in total. The number of hydrogen-bond donors (Lipinski definition) is 1. The van der Waals surface area contributed by atoms with E-state index >= 15 is 0 Å². The van der Waals surface area contributed by atoms with Crippen molar-refractivity contribution < 1.29 is 32.2 Å². The lowest BCUT2D eigenvalue weighted by molar-refractivity contribution is -0.274. The number of alkyl halides is 3. The summed E-state index contributed by atoms with van der Waals surface area (Å²) in [6, 6.07) is 4.51. The van der Waals surface area contributed by atoms with Gasteiger partial charge in [0.25, 0.3) is 0 Å². The largest absolute Gasteiger partial charge is 0.573 e. The van der Waals surface area contributed by atoms with Gasteiger partial charge in [0.05, 0.1) is 31.3 Å². The first-order valence-corrected chi connectivity index (χ1v) is 7.90. The highest BCUT2D eigenvalue weighted by Crippen LogP contribution is 2.43. The molecule has 1 atom stereocenters. The number of carbonyl (C=O) groups is 1. The molecule has 136 valence electrons. The molecule has 0 saturated heterocycles. The summed E-state index contributed by atoms with van der Waals surface area (Å²) in [6.45, 7) is 2.23. The Hall–Kier alpha value is -2.22. The van der Waals surface area contributed by atoms with Crippen molar-refractivity contribution >= 4 is 16.9 Å². The van der Waals surface area contributed by atoms with Gasteiger partial charge in [0, 0.05) is 5.39 Å². The second-order valence-electron chi connectivity index (χ2n) is 5.90. The average Bonchev–Trinajstić information content (AvgIpc) is 2.95. The molecule has 0 bridgehead atoms. The maximum absolute atomic E-state index is 12.7. The summed E-state index contributed by atoms with van der Waals surface area (Å²) < 4.78 is 52.8. The number of rotatable bonds is 4. The van der Waals surface area contributed by atoms with Gasteiger partial charge >= 0.3 is 12.3 Å². The Labute approximate surface area is 142 Å². The lowest BCUT2D eigenvalue weighted by atomic mass is 9.86. The van der Waals surface area contributed by atoms with Gasteiger partial charge in [-0.25, -0.2) is 0 Å². The van der Waals surface area contributed by atoms with Crippen LogP contribution in [-0.4, -0.2) is 31.0 Å². The molecule has 0 saturated carbocycles. The van der Waals surface area contributed by atoms with Gasteiger partial charge in [0.15, 0.2) is 5.75 Å². The van der Waals surface area contributed by atoms with Crippen molar-refractivity contribution in [1.29, 1.82) is 0 Å². The van der Waals surface area contributed by atoms with E-state index in [0.717, 1.165) is 5.56 Å². The van der Waals surface area contributed by atoms with E-state index < -0.39 is 17.9 Å². The van der Waals surface area contributed by atoms with Crippen LogP contribution in [-0.2, 0) is 26.3 Å². The van der Waals surface area contributed by atoms with Gasteiger partial charge < -0.3 is 19.2 Å². The summed E-state index contributed by atoms with van der Waals surface area (Å²) in [5.74, 6) is -0.748. The summed E-state index contributed by atoms with van der Waals surface area (Å²) in [4.78, 5) is 14.9. The standard InChI is InChI=1S/C17H18F3NO4/c1-3-16(9-13(22)23-2)15-11(7-8-24-16)10-5-4-6-12(14(10)21-15)25-17(18,19)20/h4-6,21H,3,7-9H2,1-2H3. The van der Waals surface area contributed by atoms with Gasteiger partial charge in [0.2, 0.25) is 0 Å². The normalized spacial score (nSPS) is 20.4. The van der Waals surface area contributed by atoms with E-state index in [0.29, 0.717) is 30.5 Å². The van der Waals surface area contributed by atoms with Crippen molar-refractivity contribution in [3.63, 3.8) is 0 Å². The molecule has 1 aromatic carbocycles. The Morgan fingerprint density at radius 3 is 2.80 bits per heavy atom. The number of esters is 1. The molecule has 1 unspecified atom stereocenters. The summed E-state index contributed by atoms with van der Waals surface area (Å²) in [5.41, 5.74) is 0.757. The van der Waals surface area contributed by atoms with Crippen molar-refractivity contribution in [2.45, 2.75) is 38.1 Å². The molecule has 0 amide bonds. The molecule has 0 fully saturated rings. The predicted molar refractivity (Wildman–Crippen MR) is 83.2 cm³/mol. The molecule has 0 radical (unpaired) electrons. The Balaban J connectivity index is 2.15. The zero-order valence-electron chi connectivity index (χ0n) is 13.8. The number of fused-ring (bicyclic) bond motifs is 3. The third kappa shape index (κ3) is 3.18. The number of nitrogens with one attached hydrogen (secondary N) is 1. The van der Waals surface area contributed by atoms with E-state index in [-0.39, 0.29) is 17.7 Å². The number of H-pyrrole nitrogens is 1. The minimum atomic E-state index is -4.79. The number of ether oxygens (including phenoxy) is 3. The first kappa shape index (κ1) is 17.6. The molecule has 0 aliphatic carbocycles. The molecule has 2 heterocycles. The van der Waals surface area contributed by atoms with Crippen LogP contribution >= 0.6 is 0 Å². The third-order valence-corrected chi connectivity index (χ3v) is 4.54. The number of aromatic amines is 1. The number of aromatic nitrogens is 1. The molecule has 8 heteroatoms. The number of carbonyl (C=O) groups excluding carboxylic acids is 1. The Bertz CT molecular complexity index is 799. The second kappa shape index (κ2) is 6.25. The predicted octanol–water partition coefficient (Wildman–Crippen LogP) is 3.81. The number of para-hydroxylation sites is 1. The molecular formula is C17H18F3NO4. The molecule has 1 aliphatic heterocycles. The Morgan fingerprint density at radius 1 is 1.40 bits per heavy atom. The first-order chi connectivity index (χ1) is 11.8. The molecular weight excluding hydrogens is 339 g/mol. The molecule has 25 heavy (non-hydrogen) atoms. The highest BCUT2D eigenvalue weighted by molar-refractivity contribution is 5.90. The molecule has 1 N–H and O–H groups in total. The van der Waals surface area contributed by atoms with E-state index in [1.807, 2.05) is 6.92 Å². The maximum atomic E-state index is 12.7. The summed E-state index contributed by atoms with van der Waals surface area (Å²) in [5, 5.41) is 0.641. The summed E-state index contributed by atoms with van der Waals surface area (Å²) >= 11 is 0. The van der Waals surface area contributed by atoms with E-state index in [9.17, 15) is 18.0 Å². The minimum absolute atomic E-state index is 0.0186. The lowest BCUT2D eigenvalue weighted by Gasteiger charge is -2.35. The van der Waals surface area contributed by atoms with Gasteiger partial charge in [-0.1, -0.05) is 19.1 Å². The van der Waals surface area contributed by atoms with Crippen molar-refractivity contribution in [3.8, 4) is 5.75 Å². The van der Waals surface area contributed by atoms with Crippen LogP contribution in [0.5, 0.6) is 5.75 Å². The Morgan fingerprint density at radius 2 is 2.16 bits per heavy atom. The monoisotopic (exact) mass is 357 g/mol. The van der Waals surface area contributed by atoms with Crippen LogP contribution in [0.15, 0.2) is 18.2 Å². The topological polar surface area (TPSA) is 60.5 Å². The quantitative estimate of drug-likeness (QED) is 0.846. The zero-order chi connectivity index (χ0) is 18.2. The van der Waals surface area contributed by atoms with Crippen LogP contribution in [0.25, 0.3) is 10.9 Å². The zero-order valence-corrected chi connectivity index (χ0v) is 13.8. The lowest BCUT2D eigenvalue weighted by Crippen LogP contribution is -2.37. The van der Waals surface area contributed by atoms with Crippen molar-refractivity contribution in [1.82, 2.24) is 4.98 Å². The number of methoxy groups -OCH3 is 1. The van der Waals surface area contributed by atoms with Crippen molar-refractivity contribution in [3.05, 3.63) is 29.5 Å². The van der Waals surface area contributed by atoms with Crippen LogP contribution in [0.4, 0.5) is 13.2 Å². The average molecular weight is 357 g/mol. The van der Waals surface area contributed by atoms with Crippen LogP contribution in [0.3, 0.4) is 0 Å². The molecule has 1 aromatic heterocycles. The van der Waals surface area contributed by atoms with E-state index in [4.69, 9.17) is 9.47 Å². The highest BCUT2D eigenvalue weighted by atomic mass is 19.4. The number of hydrogen-bond acceptors (Lipinski definition) is 4. The molecule has 0 spiro atoms. The summed E-state index contributed by atoms with van der Waals surface area (Å²) in [7, 11) is 1.29. The van der Waals surface area contributed by atoms with Gasteiger partial charge in [-0.2, -0.15) is 0 Å². The fraction of sp³-hybridized carbons (Fsp3) is 0.471. The van der Waals surface area contributed by atoms with Gasteiger partial charge in [-0.05, 0) is 24.5 Å². The number of benzene rings is 1. The third-order valence-electron chi connectivity index (χ3n) is 4.54. The van der Waals surface area contributed by atoms with E-state index in [1.54, 1.807) is 6.07 Å².